The highest BCUT2D eigenvalue weighted by Gasteiger charge is 2.59. The minimum atomic E-state index is -4.82. The molecule has 0 aromatic carbocycles. The Morgan fingerprint density at radius 1 is 1.35 bits per heavy atom. The van der Waals surface area contributed by atoms with E-state index in [1.807, 2.05) is 0 Å². The van der Waals surface area contributed by atoms with Crippen molar-refractivity contribution in [2.24, 2.45) is 13.0 Å². The maximum atomic E-state index is 13.7. The average Bonchev–Trinajstić information content (AvgIpc) is 2.77. The standard InChI is InChI=1S/C10H9F5N2/c1-17-7-5-2-4(5)3-9(11,12)6(7)8(16-17)10(13,14)15/h4-5H,2-3H2,1H3. The third-order valence-corrected chi connectivity index (χ3v) is 3.52. The van der Waals surface area contributed by atoms with E-state index in [2.05, 4.69) is 5.10 Å². The smallest absolute Gasteiger partial charge is 0.271 e. The van der Waals surface area contributed by atoms with Gasteiger partial charge in [0, 0.05) is 19.4 Å². The van der Waals surface area contributed by atoms with Crippen molar-refractivity contribution >= 4 is 0 Å². The van der Waals surface area contributed by atoms with Crippen molar-refractivity contribution in [1.82, 2.24) is 9.78 Å². The van der Waals surface area contributed by atoms with Crippen molar-refractivity contribution < 1.29 is 22.0 Å². The molecule has 1 heterocycles. The van der Waals surface area contributed by atoms with Crippen LogP contribution in [0.15, 0.2) is 0 Å². The highest BCUT2D eigenvalue weighted by molar-refractivity contribution is 5.41. The second-order valence-corrected chi connectivity index (χ2v) is 4.74. The van der Waals surface area contributed by atoms with Crippen LogP contribution in [0.2, 0.25) is 0 Å². The fourth-order valence-corrected chi connectivity index (χ4v) is 2.76. The highest BCUT2D eigenvalue weighted by atomic mass is 19.4. The summed E-state index contributed by atoms with van der Waals surface area (Å²) in [5.74, 6) is -3.77. The number of fused-ring (bicyclic) bond motifs is 3. The molecule has 0 amide bonds. The van der Waals surface area contributed by atoms with Gasteiger partial charge in [-0.15, -0.1) is 0 Å². The molecule has 0 radical (unpaired) electrons. The number of hydrogen-bond acceptors (Lipinski definition) is 1. The SMILES string of the molecule is Cn1nc(C(F)(F)F)c2c1C1CC1CC2(F)F. The Bertz CT molecular complexity index is 488. The van der Waals surface area contributed by atoms with Crippen molar-refractivity contribution in [3.8, 4) is 0 Å². The van der Waals surface area contributed by atoms with Gasteiger partial charge in [0.05, 0.1) is 11.3 Å². The molecule has 1 aromatic heterocycles. The van der Waals surface area contributed by atoms with E-state index in [1.165, 1.54) is 7.05 Å². The van der Waals surface area contributed by atoms with E-state index in [9.17, 15) is 22.0 Å². The van der Waals surface area contributed by atoms with Crippen LogP contribution in [0.25, 0.3) is 0 Å². The van der Waals surface area contributed by atoms with E-state index in [0.717, 1.165) is 4.68 Å². The molecule has 2 aliphatic rings. The van der Waals surface area contributed by atoms with Crippen LogP contribution in [0.5, 0.6) is 0 Å². The molecule has 17 heavy (non-hydrogen) atoms. The summed E-state index contributed by atoms with van der Waals surface area (Å²) in [6, 6.07) is 0. The molecule has 3 rings (SSSR count). The van der Waals surface area contributed by atoms with Crippen LogP contribution in [0.1, 0.15) is 35.7 Å². The molecule has 0 bridgehead atoms. The molecule has 94 valence electrons. The molecular formula is C10H9F5N2. The van der Waals surface area contributed by atoms with Crippen molar-refractivity contribution in [3.05, 3.63) is 17.0 Å². The summed E-state index contributed by atoms with van der Waals surface area (Å²) in [7, 11) is 1.30. The molecule has 1 fully saturated rings. The van der Waals surface area contributed by atoms with Crippen molar-refractivity contribution in [3.63, 3.8) is 0 Å². The summed E-state index contributed by atoms with van der Waals surface area (Å²) in [6.07, 6.45) is -4.77. The molecule has 2 unspecified atom stereocenters. The normalized spacial score (nSPS) is 29.8. The molecule has 7 heteroatoms. The number of hydrogen-bond donors (Lipinski definition) is 0. The molecule has 0 saturated heterocycles. The predicted octanol–water partition coefficient (Wildman–Crippen LogP) is 3.04. The lowest BCUT2D eigenvalue weighted by Gasteiger charge is -2.23. The first-order chi connectivity index (χ1) is 7.72. The number of rotatable bonds is 0. The Kier molecular flexibility index (Phi) is 1.82. The van der Waals surface area contributed by atoms with E-state index in [0.29, 0.717) is 6.42 Å². The summed E-state index contributed by atoms with van der Waals surface area (Å²) >= 11 is 0. The van der Waals surface area contributed by atoms with Crippen LogP contribution in [0.3, 0.4) is 0 Å². The molecule has 0 N–H and O–H groups in total. The summed E-state index contributed by atoms with van der Waals surface area (Å²) < 4.78 is 66.4. The van der Waals surface area contributed by atoms with Crippen LogP contribution in [-0.2, 0) is 19.1 Å². The zero-order valence-corrected chi connectivity index (χ0v) is 8.85. The number of halogens is 5. The zero-order chi connectivity index (χ0) is 12.6. The zero-order valence-electron chi connectivity index (χ0n) is 8.85. The van der Waals surface area contributed by atoms with Gasteiger partial charge in [0.1, 0.15) is 0 Å². The highest BCUT2D eigenvalue weighted by Crippen LogP contribution is 2.62. The van der Waals surface area contributed by atoms with Gasteiger partial charge in [-0.1, -0.05) is 0 Å². The van der Waals surface area contributed by atoms with Gasteiger partial charge in [0.25, 0.3) is 5.92 Å². The van der Waals surface area contributed by atoms with Gasteiger partial charge < -0.3 is 0 Å². The van der Waals surface area contributed by atoms with Crippen LogP contribution in [-0.4, -0.2) is 9.78 Å². The van der Waals surface area contributed by atoms with Gasteiger partial charge in [-0.25, -0.2) is 8.78 Å². The van der Waals surface area contributed by atoms with Crippen LogP contribution in [0.4, 0.5) is 22.0 Å². The third-order valence-electron chi connectivity index (χ3n) is 3.52. The molecule has 1 aromatic rings. The van der Waals surface area contributed by atoms with E-state index in [4.69, 9.17) is 0 Å². The Morgan fingerprint density at radius 2 is 2.00 bits per heavy atom. The quantitative estimate of drug-likeness (QED) is 0.649. The van der Waals surface area contributed by atoms with Gasteiger partial charge in [-0.05, 0) is 12.3 Å². The summed E-state index contributed by atoms with van der Waals surface area (Å²) in [4.78, 5) is 0. The number of aryl methyl sites for hydroxylation is 1. The molecule has 2 nitrogen and oxygen atoms in total. The lowest BCUT2D eigenvalue weighted by Crippen LogP contribution is -2.24. The van der Waals surface area contributed by atoms with Crippen LogP contribution >= 0.6 is 0 Å². The van der Waals surface area contributed by atoms with Gasteiger partial charge in [0.2, 0.25) is 0 Å². The van der Waals surface area contributed by atoms with Gasteiger partial charge in [-0.2, -0.15) is 18.3 Å². The third kappa shape index (κ3) is 1.40. The summed E-state index contributed by atoms with van der Waals surface area (Å²) in [6.45, 7) is 0. The molecule has 1 saturated carbocycles. The van der Waals surface area contributed by atoms with E-state index in [-0.39, 0.29) is 17.5 Å². The van der Waals surface area contributed by atoms with E-state index in [1.54, 1.807) is 0 Å². The first-order valence-corrected chi connectivity index (χ1v) is 5.24. The largest absolute Gasteiger partial charge is 0.435 e. The lowest BCUT2D eigenvalue weighted by molar-refractivity contribution is -0.146. The molecule has 2 atom stereocenters. The monoisotopic (exact) mass is 252 g/mol. The van der Waals surface area contributed by atoms with E-state index >= 15 is 0 Å². The summed E-state index contributed by atoms with van der Waals surface area (Å²) in [5.41, 5.74) is -2.25. The Labute approximate surface area is 93.4 Å². The van der Waals surface area contributed by atoms with Gasteiger partial charge in [-0.3, -0.25) is 4.68 Å². The van der Waals surface area contributed by atoms with Gasteiger partial charge in [0.15, 0.2) is 5.69 Å². The maximum Gasteiger partial charge on any atom is 0.435 e. The predicted molar refractivity (Wildman–Crippen MR) is 47.6 cm³/mol. The van der Waals surface area contributed by atoms with Crippen molar-refractivity contribution in [2.75, 3.05) is 0 Å². The molecular weight excluding hydrogens is 243 g/mol. The first kappa shape index (κ1) is 11.0. The summed E-state index contributed by atoms with van der Waals surface area (Å²) in [5, 5.41) is 3.25. The maximum absolute atomic E-state index is 13.7. The number of aromatic nitrogens is 2. The van der Waals surface area contributed by atoms with E-state index < -0.39 is 29.8 Å². The molecule has 0 spiro atoms. The Hall–Kier alpha value is -1.14. The topological polar surface area (TPSA) is 17.8 Å². The number of alkyl halides is 5. The van der Waals surface area contributed by atoms with Gasteiger partial charge >= 0.3 is 6.18 Å². The molecule has 0 aliphatic heterocycles. The Morgan fingerprint density at radius 3 is 2.59 bits per heavy atom. The van der Waals surface area contributed by atoms with Crippen molar-refractivity contribution in [1.29, 1.82) is 0 Å². The minimum absolute atomic E-state index is 0.0681. The number of nitrogens with zero attached hydrogens (tertiary/aromatic N) is 2. The van der Waals surface area contributed by atoms with Crippen LogP contribution < -0.4 is 0 Å². The second-order valence-electron chi connectivity index (χ2n) is 4.74. The first-order valence-electron chi connectivity index (χ1n) is 5.24. The Balaban J connectivity index is 2.25. The lowest BCUT2D eigenvalue weighted by atomic mass is 9.92. The van der Waals surface area contributed by atoms with Crippen molar-refractivity contribution in [2.45, 2.75) is 30.9 Å². The minimum Gasteiger partial charge on any atom is -0.271 e. The molecule has 2 aliphatic carbocycles. The van der Waals surface area contributed by atoms with Crippen LogP contribution in [0, 0.1) is 5.92 Å². The fraction of sp³-hybridized carbons (Fsp3) is 0.700. The average molecular weight is 252 g/mol. The fourth-order valence-electron chi connectivity index (χ4n) is 2.76. The second kappa shape index (κ2) is 2.81.